The average Bonchev–Trinajstić information content (AvgIpc) is 2.76. The fraction of sp³-hybridized carbons (Fsp3) is 0.545. The largest absolute Gasteiger partial charge is 0.383 e. The molecule has 3 N–H and O–H groups in total. The summed E-state index contributed by atoms with van der Waals surface area (Å²) in [6.45, 7) is 2.69. The van der Waals surface area contributed by atoms with Gasteiger partial charge in [0.15, 0.2) is 11.2 Å². The quantitative estimate of drug-likeness (QED) is 0.529. The fourth-order valence-corrected chi connectivity index (χ4v) is 2.15. The minimum atomic E-state index is -0.399. The first-order valence-electron chi connectivity index (χ1n) is 6.22. The molecule has 0 amide bonds. The van der Waals surface area contributed by atoms with E-state index in [1.54, 1.807) is 21.1 Å². The third-order valence-corrected chi connectivity index (χ3v) is 3.21. The molecule has 0 unspecified atom stereocenters. The summed E-state index contributed by atoms with van der Waals surface area (Å²) in [5.41, 5.74) is 2.26. The van der Waals surface area contributed by atoms with Gasteiger partial charge in [0, 0.05) is 20.7 Å². The van der Waals surface area contributed by atoms with E-state index in [9.17, 15) is 9.59 Å². The summed E-state index contributed by atoms with van der Waals surface area (Å²) in [7, 11) is 3.21. The molecule has 0 aliphatic carbocycles. The number of nitrogens with one attached hydrogen (secondary N) is 1. The van der Waals surface area contributed by atoms with Crippen molar-refractivity contribution in [3.05, 3.63) is 20.8 Å². The predicted octanol–water partition coefficient (Wildman–Crippen LogP) is -1.15. The number of hydrazine groups is 1. The van der Waals surface area contributed by atoms with E-state index in [2.05, 4.69) is 10.4 Å². The van der Waals surface area contributed by atoms with E-state index in [0.29, 0.717) is 30.3 Å². The van der Waals surface area contributed by atoms with Crippen molar-refractivity contribution in [1.29, 1.82) is 0 Å². The van der Waals surface area contributed by atoms with Gasteiger partial charge in [-0.15, -0.1) is 0 Å². The molecule has 110 valence electrons. The number of imidazole rings is 1. The van der Waals surface area contributed by atoms with Crippen molar-refractivity contribution in [3.63, 3.8) is 0 Å². The zero-order chi connectivity index (χ0) is 14.9. The molecule has 0 saturated carbocycles. The van der Waals surface area contributed by atoms with E-state index in [1.807, 2.05) is 0 Å². The molecule has 0 spiro atoms. The summed E-state index contributed by atoms with van der Waals surface area (Å²) in [6, 6.07) is 0. The number of anilines is 1. The van der Waals surface area contributed by atoms with E-state index in [-0.39, 0.29) is 12.1 Å². The number of ether oxygens (including phenoxy) is 1. The lowest BCUT2D eigenvalue weighted by molar-refractivity contribution is 0.186. The molecule has 0 saturated heterocycles. The second kappa shape index (κ2) is 5.47. The number of rotatable bonds is 5. The van der Waals surface area contributed by atoms with Gasteiger partial charge in [0.25, 0.3) is 5.56 Å². The van der Waals surface area contributed by atoms with Crippen molar-refractivity contribution < 1.29 is 4.74 Å². The molecule has 2 heterocycles. The Hall–Kier alpha value is -2.13. The van der Waals surface area contributed by atoms with Crippen LogP contribution in [0.1, 0.15) is 6.92 Å². The van der Waals surface area contributed by atoms with Crippen LogP contribution in [0.2, 0.25) is 0 Å². The van der Waals surface area contributed by atoms with Crippen LogP contribution in [-0.2, 0) is 24.9 Å². The summed E-state index contributed by atoms with van der Waals surface area (Å²) < 4.78 is 9.12. The van der Waals surface area contributed by atoms with Gasteiger partial charge >= 0.3 is 5.69 Å². The molecular formula is C11H18N6O3. The van der Waals surface area contributed by atoms with Gasteiger partial charge in [0.1, 0.15) is 0 Å². The van der Waals surface area contributed by atoms with Gasteiger partial charge in [-0.2, -0.15) is 4.98 Å². The maximum Gasteiger partial charge on any atom is 0.332 e. The number of fused-ring (bicyclic) bond motifs is 1. The molecule has 0 aliphatic heterocycles. The van der Waals surface area contributed by atoms with Crippen LogP contribution in [0, 0.1) is 0 Å². The number of methoxy groups -OCH3 is 1. The van der Waals surface area contributed by atoms with Gasteiger partial charge in [-0.05, 0) is 6.92 Å². The number of nitrogens with two attached hydrogens (primary N) is 1. The van der Waals surface area contributed by atoms with Gasteiger partial charge in [0.2, 0.25) is 5.95 Å². The van der Waals surface area contributed by atoms with Crippen molar-refractivity contribution >= 4 is 17.1 Å². The molecule has 2 aromatic heterocycles. The Bertz CT molecular complexity index is 741. The second-order valence-electron chi connectivity index (χ2n) is 4.29. The fourth-order valence-electron chi connectivity index (χ4n) is 2.15. The number of aryl methyl sites for hydroxylation is 1. The highest BCUT2D eigenvalue weighted by Gasteiger charge is 2.18. The summed E-state index contributed by atoms with van der Waals surface area (Å²) in [5, 5.41) is 0. The standard InChI is InChI=1S/C11H18N6O3/c1-4-16-9(18)7-8(13-10(14-12)15(7)2)17(11(16)19)5-6-20-3/h4-6,12H2,1-3H3,(H,13,14). The molecule has 0 radical (unpaired) electrons. The van der Waals surface area contributed by atoms with Crippen LogP contribution in [0.3, 0.4) is 0 Å². The van der Waals surface area contributed by atoms with Gasteiger partial charge in [-0.3, -0.25) is 19.4 Å². The molecule has 9 nitrogen and oxygen atoms in total. The molecule has 9 heteroatoms. The van der Waals surface area contributed by atoms with E-state index >= 15 is 0 Å². The zero-order valence-corrected chi connectivity index (χ0v) is 11.7. The molecule has 0 atom stereocenters. The van der Waals surface area contributed by atoms with E-state index in [0.717, 1.165) is 0 Å². The Morgan fingerprint density at radius 3 is 2.60 bits per heavy atom. The number of hydrogen-bond acceptors (Lipinski definition) is 6. The summed E-state index contributed by atoms with van der Waals surface area (Å²) >= 11 is 0. The zero-order valence-electron chi connectivity index (χ0n) is 11.7. The van der Waals surface area contributed by atoms with Gasteiger partial charge < -0.3 is 9.30 Å². The SMILES string of the molecule is CCn1c(=O)c2c(nc(NN)n2C)n(CCOC)c1=O. The Morgan fingerprint density at radius 2 is 2.05 bits per heavy atom. The highest BCUT2D eigenvalue weighted by atomic mass is 16.5. The van der Waals surface area contributed by atoms with Gasteiger partial charge in [0.05, 0.1) is 13.2 Å². The third-order valence-electron chi connectivity index (χ3n) is 3.21. The minimum Gasteiger partial charge on any atom is -0.383 e. The van der Waals surface area contributed by atoms with Crippen molar-refractivity contribution in [1.82, 2.24) is 18.7 Å². The Kier molecular flexibility index (Phi) is 3.91. The molecule has 0 bridgehead atoms. The van der Waals surface area contributed by atoms with Crippen LogP contribution in [0.25, 0.3) is 11.2 Å². The van der Waals surface area contributed by atoms with Crippen molar-refractivity contribution in [2.45, 2.75) is 20.0 Å². The van der Waals surface area contributed by atoms with Crippen molar-refractivity contribution in [3.8, 4) is 0 Å². The lowest BCUT2D eigenvalue weighted by Gasteiger charge is -2.09. The number of nitrogen functional groups attached to an aromatic ring is 1. The van der Waals surface area contributed by atoms with Crippen LogP contribution < -0.4 is 22.5 Å². The molecule has 2 aromatic rings. The Labute approximate surface area is 114 Å². The van der Waals surface area contributed by atoms with Crippen molar-refractivity contribution in [2.75, 3.05) is 19.1 Å². The number of aromatic nitrogens is 4. The highest BCUT2D eigenvalue weighted by Crippen LogP contribution is 2.12. The molecule has 0 aromatic carbocycles. The average molecular weight is 282 g/mol. The van der Waals surface area contributed by atoms with Crippen molar-refractivity contribution in [2.24, 2.45) is 12.9 Å². The minimum absolute atomic E-state index is 0.289. The van der Waals surface area contributed by atoms with E-state index in [1.165, 1.54) is 13.7 Å². The van der Waals surface area contributed by atoms with Gasteiger partial charge in [-0.25, -0.2) is 10.6 Å². The van der Waals surface area contributed by atoms with Crippen LogP contribution in [-0.4, -0.2) is 32.4 Å². The molecule has 0 aliphatic rings. The van der Waals surface area contributed by atoms with Crippen LogP contribution in [0.4, 0.5) is 5.95 Å². The maximum absolute atomic E-state index is 12.3. The number of hydrogen-bond donors (Lipinski definition) is 2. The van der Waals surface area contributed by atoms with Gasteiger partial charge in [-0.1, -0.05) is 0 Å². The third kappa shape index (κ3) is 2.00. The topological polar surface area (TPSA) is 109 Å². The molecular weight excluding hydrogens is 264 g/mol. The number of nitrogens with zero attached hydrogens (tertiary/aromatic N) is 4. The summed E-state index contributed by atoms with van der Waals surface area (Å²) in [5.74, 6) is 5.69. The van der Waals surface area contributed by atoms with E-state index in [4.69, 9.17) is 10.6 Å². The van der Waals surface area contributed by atoms with Crippen LogP contribution in [0.5, 0.6) is 0 Å². The molecule has 2 rings (SSSR count). The first-order valence-corrected chi connectivity index (χ1v) is 6.22. The first-order chi connectivity index (χ1) is 9.56. The second-order valence-corrected chi connectivity index (χ2v) is 4.29. The maximum atomic E-state index is 12.3. The summed E-state index contributed by atoms with van der Waals surface area (Å²) in [4.78, 5) is 28.9. The molecule has 20 heavy (non-hydrogen) atoms. The van der Waals surface area contributed by atoms with Crippen LogP contribution in [0.15, 0.2) is 9.59 Å². The summed E-state index contributed by atoms with van der Waals surface area (Å²) in [6.07, 6.45) is 0. The Morgan fingerprint density at radius 1 is 1.35 bits per heavy atom. The smallest absolute Gasteiger partial charge is 0.332 e. The highest BCUT2D eigenvalue weighted by molar-refractivity contribution is 5.74. The normalized spacial score (nSPS) is 11.2. The first kappa shape index (κ1) is 14.3. The lowest BCUT2D eigenvalue weighted by atomic mass is 10.4. The molecule has 0 fully saturated rings. The Balaban J connectivity index is 2.88. The monoisotopic (exact) mass is 282 g/mol. The predicted molar refractivity (Wildman–Crippen MR) is 74.6 cm³/mol. The van der Waals surface area contributed by atoms with E-state index < -0.39 is 5.69 Å². The van der Waals surface area contributed by atoms with Crippen LogP contribution >= 0.6 is 0 Å². The lowest BCUT2D eigenvalue weighted by Crippen LogP contribution is -2.40.